The van der Waals surface area contributed by atoms with Crippen molar-refractivity contribution in [2.45, 2.75) is 132 Å². The number of rotatable bonds is 9. The van der Waals surface area contributed by atoms with Crippen LogP contribution in [-0.2, 0) is 23.7 Å². The molecule has 3 rings (SSSR count). The number of nitrogens with one attached hydrogen (secondary N) is 1. The van der Waals surface area contributed by atoms with Crippen molar-refractivity contribution >= 4 is 5.91 Å². The number of aliphatic hydroxyl groups is 4. The molecule has 2 heterocycles. The second-order valence-electron chi connectivity index (χ2n) is 10.4. The molecule has 3 fully saturated rings. The molecule has 7 unspecified atom stereocenters. The van der Waals surface area contributed by atoms with Gasteiger partial charge in [0.25, 0.3) is 0 Å². The van der Waals surface area contributed by atoms with Crippen LogP contribution in [0.5, 0.6) is 0 Å². The van der Waals surface area contributed by atoms with E-state index in [2.05, 4.69) is 5.32 Å². The number of hydrogen-bond acceptors (Lipinski definition) is 13. The van der Waals surface area contributed by atoms with Gasteiger partial charge in [0, 0.05) is 12.6 Å². The Morgan fingerprint density at radius 1 is 1.00 bits per heavy atom. The topological polar surface area (TPSA) is 251 Å². The van der Waals surface area contributed by atoms with Crippen LogP contribution in [0.4, 0.5) is 0 Å². The molecule has 13 N–H and O–H groups in total. The molecule has 0 bridgehead atoms. The van der Waals surface area contributed by atoms with Gasteiger partial charge in [0.05, 0.1) is 30.3 Å². The Morgan fingerprint density at radius 3 is 2.32 bits per heavy atom. The van der Waals surface area contributed by atoms with Crippen LogP contribution in [0.1, 0.15) is 46.0 Å². The highest BCUT2D eigenvalue weighted by atomic mass is 16.7. The van der Waals surface area contributed by atoms with Crippen LogP contribution in [0.25, 0.3) is 0 Å². The first-order valence-corrected chi connectivity index (χ1v) is 13.1. The summed E-state index contributed by atoms with van der Waals surface area (Å²) in [5, 5.41) is 44.9. The molecular weight excluding hydrogens is 490 g/mol. The van der Waals surface area contributed by atoms with E-state index in [4.69, 9.17) is 41.9 Å². The Kier molecular flexibility index (Phi) is 11.0. The van der Waals surface area contributed by atoms with Crippen LogP contribution in [0.15, 0.2) is 0 Å². The van der Waals surface area contributed by atoms with Crippen molar-refractivity contribution in [1.29, 1.82) is 0 Å². The predicted molar refractivity (Wildman–Crippen MR) is 130 cm³/mol. The van der Waals surface area contributed by atoms with Gasteiger partial charge in [0.1, 0.15) is 36.6 Å². The number of ether oxygens (including phenoxy) is 4. The first-order valence-electron chi connectivity index (χ1n) is 13.1. The van der Waals surface area contributed by atoms with Gasteiger partial charge in [0.15, 0.2) is 12.6 Å². The van der Waals surface area contributed by atoms with E-state index >= 15 is 0 Å². The zero-order valence-corrected chi connectivity index (χ0v) is 21.5. The van der Waals surface area contributed by atoms with Crippen LogP contribution in [0.2, 0.25) is 0 Å². The molecule has 0 aromatic heterocycles. The molecule has 216 valence electrons. The third kappa shape index (κ3) is 7.15. The van der Waals surface area contributed by atoms with Gasteiger partial charge in [-0.25, -0.2) is 0 Å². The Balaban J connectivity index is 1.82. The molecule has 37 heavy (non-hydrogen) atoms. The van der Waals surface area contributed by atoms with E-state index in [0.29, 0.717) is 19.3 Å². The highest BCUT2D eigenvalue weighted by Gasteiger charge is 2.51. The normalized spacial score (nSPS) is 45.8. The van der Waals surface area contributed by atoms with Gasteiger partial charge in [-0.3, -0.25) is 4.79 Å². The largest absolute Gasteiger partial charge is 0.388 e. The van der Waals surface area contributed by atoms with E-state index < -0.39 is 85.4 Å². The zero-order valence-electron chi connectivity index (χ0n) is 21.5. The minimum absolute atomic E-state index is 0.0938. The van der Waals surface area contributed by atoms with Crippen molar-refractivity contribution in [2.24, 2.45) is 22.9 Å². The maximum absolute atomic E-state index is 12.5. The minimum Gasteiger partial charge on any atom is -0.388 e. The summed E-state index contributed by atoms with van der Waals surface area (Å²) in [6.07, 6.45) is -8.70. The lowest BCUT2D eigenvalue weighted by molar-refractivity contribution is -0.321. The Morgan fingerprint density at radius 2 is 1.68 bits per heavy atom. The van der Waals surface area contributed by atoms with E-state index in [1.165, 1.54) is 0 Å². The summed E-state index contributed by atoms with van der Waals surface area (Å²) in [5.41, 5.74) is 24.3. The Hall–Kier alpha value is -1.01. The molecule has 1 amide bonds. The number of amides is 1. The fourth-order valence-electron chi connectivity index (χ4n) is 5.05. The van der Waals surface area contributed by atoms with Crippen LogP contribution in [0.3, 0.4) is 0 Å². The second-order valence-corrected chi connectivity index (χ2v) is 10.4. The van der Waals surface area contributed by atoms with Gasteiger partial charge in [-0.15, -0.1) is 0 Å². The summed E-state index contributed by atoms with van der Waals surface area (Å²) in [5.74, 6) is -0.649. The number of carbonyl (C=O) groups excluding carboxylic acids is 1. The van der Waals surface area contributed by atoms with Crippen LogP contribution in [-0.4, -0.2) is 118 Å². The SMILES string of the molecule is CCC[C@H](O)C(=O)N[C@@H]1CC(N)C(O[C@H]2OC(CN)CCC2N)[C@H](O[C@@H]2OC(C)[C@@H](N)[C@H](O)C2O)C1O. The monoisotopic (exact) mass is 535 g/mol. The van der Waals surface area contributed by atoms with Crippen molar-refractivity contribution in [1.82, 2.24) is 5.32 Å². The van der Waals surface area contributed by atoms with E-state index in [1.54, 1.807) is 6.92 Å². The highest BCUT2D eigenvalue weighted by molar-refractivity contribution is 5.80. The molecule has 0 spiro atoms. The minimum atomic E-state index is -1.52. The molecule has 1 aliphatic carbocycles. The van der Waals surface area contributed by atoms with Gasteiger partial charge in [-0.05, 0) is 32.6 Å². The molecule has 0 aromatic carbocycles. The van der Waals surface area contributed by atoms with Crippen LogP contribution >= 0.6 is 0 Å². The molecular formula is C23H45N5O9. The van der Waals surface area contributed by atoms with E-state index in [-0.39, 0.29) is 25.5 Å². The number of nitrogens with two attached hydrogens (primary N) is 4. The van der Waals surface area contributed by atoms with E-state index in [0.717, 1.165) is 0 Å². The quantitative estimate of drug-likeness (QED) is 0.137. The lowest BCUT2D eigenvalue weighted by atomic mass is 9.83. The fourth-order valence-corrected chi connectivity index (χ4v) is 5.05. The standard InChI is InChI=1S/C23H45N5O9/c1-3-4-14(29)21(33)28-13-7-12(26)19(36-22-11(25)6-5-10(8-24)35-22)20(16(13)30)37-23-18(32)17(31)15(27)9(2)34-23/h9-20,22-23,29-32H,3-8,24-27H2,1-2H3,(H,28,33)/t9?,10?,11?,12?,13-,14+,15-,16?,17+,18?,19?,20-,22-,23+/m1/s1. The molecule has 0 radical (unpaired) electrons. The Bertz CT molecular complexity index is 739. The average molecular weight is 536 g/mol. The Labute approximate surface area is 216 Å². The van der Waals surface area contributed by atoms with Gasteiger partial charge in [0.2, 0.25) is 5.91 Å². The maximum atomic E-state index is 12.5. The third-order valence-corrected chi connectivity index (χ3v) is 7.47. The number of hydrogen-bond donors (Lipinski definition) is 9. The third-order valence-electron chi connectivity index (χ3n) is 7.47. The molecule has 2 aliphatic heterocycles. The van der Waals surface area contributed by atoms with Crippen molar-refractivity contribution in [2.75, 3.05) is 6.54 Å². The van der Waals surface area contributed by atoms with Crippen LogP contribution in [0, 0.1) is 0 Å². The molecule has 14 heteroatoms. The number of carbonyl (C=O) groups is 1. The van der Waals surface area contributed by atoms with Gasteiger partial charge >= 0.3 is 0 Å². The average Bonchev–Trinajstić information content (AvgIpc) is 2.87. The maximum Gasteiger partial charge on any atom is 0.249 e. The summed E-state index contributed by atoms with van der Waals surface area (Å²) in [7, 11) is 0. The highest BCUT2D eigenvalue weighted by Crippen LogP contribution is 2.32. The summed E-state index contributed by atoms with van der Waals surface area (Å²) in [6.45, 7) is 3.73. The van der Waals surface area contributed by atoms with Crippen molar-refractivity contribution < 1.29 is 44.2 Å². The summed E-state index contributed by atoms with van der Waals surface area (Å²) in [6, 6.07) is -3.01. The van der Waals surface area contributed by atoms with Gasteiger partial charge < -0.3 is 67.6 Å². The first-order chi connectivity index (χ1) is 17.5. The lowest BCUT2D eigenvalue weighted by Gasteiger charge is -2.48. The van der Waals surface area contributed by atoms with Crippen molar-refractivity contribution in [3.63, 3.8) is 0 Å². The molecule has 14 nitrogen and oxygen atoms in total. The van der Waals surface area contributed by atoms with Gasteiger partial charge in [-0.1, -0.05) is 13.3 Å². The second kappa shape index (κ2) is 13.4. The zero-order chi connectivity index (χ0) is 27.4. The molecule has 3 aliphatic rings. The number of aliphatic hydroxyl groups excluding tert-OH is 4. The van der Waals surface area contributed by atoms with E-state index in [9.17, 15) is 25.2 Å². The summed E-state index contributed by atoms with van der Waals surface area (Å²) >= 11 is 0. The molecule has 0 aromatic rings. The van der Waals surface area contributed by atoms with Crippen molar-refractivity contribution in [3.05, 3.63) is 0 Å². The molecule has 1 saturated carbocycles. The van der Waals surface area contributed by atoms with E-state index in [1.807, 2.05) is 6.92 Å². The van der Waals surface area contributed by atoms with Gasteiger partial charge in [-0.2, -0.15) is 0 Å². The summed E-state index contributed by atoms with van der Waals surface area (Å²) < 4.78 is 23.7. The van der Waals surface area contributed by atoms with Crippen molar-refractivity contribution in [3.8, 4) is 0 Å². The summed E-state index contributed by atoms with van der Waals surface area (Å²) in [4.78, 5) is 12.5. The lowest BCUT2D eigenvalue weighted by Crippen LogP contribution is -2.68. The predicted octanol–water partition coefficient (Wildman–Crippen LogP) is -3.92. The first kappa shape index (κ1) is 30.5. The molecule has 2 saturated heterocycles. The smallest absolute Gasteiger partial charge is 0.249 e. The van der Waals surface area contributed by atoms with Crippen LogP contribution < -0.4 is 28.3 Å². The molecule has 14 atom stereocenters. The fraction of sp³-hybridized carbons (Fsp3) is 0.957.